The molecule has 3 N–H and O–H groups in total. The van der Waals surface area contributed by atoms with Crippen LogP contribution in [0.25, 0.3) is 0 Å². The highest BCUT2D eigenvalue weighted by atomic mass is 32.2. The number of aromatic hydroxyl groups is 1. The third-order valence-corrected chi connectivity index (χ3v) is 9.17. The lowest BCUT2D eigenvalue weighted by molar-refractivity contribution is -0.148. The van der Waals surface area contributed by atoms with E-state index in [-0.39, 0.29) is 11.2 Å². The molecule has 3 heterocycles. The Balaban J connectivity index is 1.20. The predicted molar refractivity (Wildman–Crippen MR) is 151 cm³/mol. The number of anilines is 2. The van der Waals surface area contributed by atoms with Crippen molar-refractivity contribution in [3.8, 4) is 11.5 Å². The van der Waals surface area contributed by atoms with Gasteiger partial charge in [-0.25, -0.2) is 0 Å². The molecule has 2 aromatic rings. The summed E-state index contributed by atoms with van der Waals surface area (Å²) in [5, 5.41) is 24.2. The molecule has 3 aliphatic rings. The molecular weight excluding hydrogens is 484 g/mol. The van der Waals surface area contributed by atoms with E-state index in [4.69, 9.17) is 10.1 Å². The smallest absolute Gasteiger partial charge is 0.266 e. The molecule has 1 fully saturated rings. The van der Waals surface area contributed by atoms with Gasteiger partial charge < -0.3 is 25.0 Å². The number of hydrogen-bond donors (Lipinski definition) is 3. The summed E-state index contributed by atoms with van der Waals surface area (Å²) in [6, 6.07) is 8.21. The Morgan fingerprint density at radius 1 is 1.11 bits per heavy atom. The number of carbonyl (C=O) groups is 1. The second-order valence-electron chi connectivity index (χ2n) is 10.5. The van der Waals surface area contributed by atoms with Gasteiger partial charge in [0.25, 0.3) is 5.91 Å². The molecule has 0 aromatic heterocycles. The minimum Gasteiger partial charge on any atom is -0.507 e. The monoisotopic (exact) mass is 520 g/mol. The van der Waals surface area contributed by atoms with Crippen LogP contribution in [0.3, 0.4) is 0 Å². The van der Waals surface area contributed by atoms with E-state index in [2.05, 4.69) is 33.8 Å². The van der Waals surface area contributed by atoms with Crippen molar-refractivity contribution in [3.05, 3.63) is 58.0 Å². The van der Waals surface area contributed by atoms with Gasteiger partial charge in [0, 0.05) is 49.5 Å². The summed E-state index contributed by atoms with van der Waals surface area (Å²) in [4.78, 5) is 17.9. The van der Waals surface area contributed by atoms with Crippen molar-refractivity contribution in [1.82, 2.24) is 4.90 Å². The maximum Gasteiger partial charge on any atom is 0.266 e. The molecule has 1 amide bonds. The van der Waals surface area contributed by atoms with E-state index in [1.165, 1.54) is 0 Å². The molecule has 7 nitrogen and oxygen atoms in total. The quantitative estimate of drug-likeness (QED) is 0.381. The number of carbonyl (C=O) groups excluding carboxylic acids is 1. The van der Waals surface area contributed by atoms with E-state index in [0.717, 1.165) is 58.9 Å². The molecule has 0 spiro atoms. The number of nitrogens with one attached hydrogen (secondary N) is 2. The van der Waals surface area contributed by atoms with Crippen molar-refractivity contribution in [3.63, 3.8) is 0 Å². The average Bonchev–Trinajstić information content (AvgIpc) is 3.46. The van der Waals surface area contributed by atoms with Gasteiger partial charge in [0.05, 0.1) is 5.25 Å². The Morgan fingerprint density at radius 3 is 2.46 bits per heavy atom. The zero-order valence-corrected chi connectivity index (χ0v) is 22.9. The van der Waals surface area contributed by atoms with E-state index in [1.54, 1.807) is 11.8 Å². The highest BCUT2D eigenvalue weighted by Crippen LogP contribution is 2.43. The number of rotatable bonds is 4. The lowest BCUT2D eigenvalue weighted by atomic mass is 9.86. The van der Waals surface area contributed by atoms with Gasteiger partial charge in [0.15, 0.2) is 5.60 Å². The van der Waals surface area contributed by atoms with Crippen LogP contribution < -0.4 is 15.0 Å². The van der Waals surface area contributed by atoms with Gasteiger partial charge in [0.2, 0.25) is 0 Å². The van der Waals surface area contributed by atoms with Crippen LogP contribution in [0.4, 0.5) is 11.4 Å². The molecule has 5 rings (SSSR count). The van der Waals surface area contributed by atoms with Crippen LogP contribution in [0.15, 0.2) is 35.7 Å². The molecule has 2 unspecified atom stereocenters. The van der Waals surface area contributed by atoms with Crippen molar-refractivity contribution in [2.45, 2.75) is 57.8 Å². The summed E-state index contributed by atoms with van der Waals surface area (Å²) in [6.07, 6.45) is 4.32. The first kappa shape index (κ1) is 25.5. The number of amides is 1. The summed E-state index contributed by atoms with van der Waals surface area (Å²) in [5.74, 6) is 1.67. The van der Waals surface area contributed by atoms with Crippen LogP contribution in [-0.2, 0) is 11.2 Å². The van der Waals surface area contributed by atoms with Gasteiger partial charge in [-0.05, 0) is 86.9 Å². The zero-order valence-electron chi connectivity index (χ0n) is 22.1. The number of allylic oxidation sites excluding steroid dienone is 1. The maximum absolute atomic E-state index is 13.6. The van der Waals surface area contributed by atoms with Crippen LogP contribution in [0.1, 0.15) is 42.0 Å². The fraction of sp³-hybridized carbons (Fsp3) is 0.448. The van der Waals surface area contributed by atoms with Crippen LogP contribution in [0, 0.1) is 26.2 Å². The summed E-state index contributed by atoms with van der Waals surface area (Å²) in [6.45, 7) is 10.5. The van der Waals surface area contributed by atoms with Crippen molar-refractivity contribution in [2.75, 3.05) is 36.4 Å². The van der Waals surface area contributed by atoms with Gasteiger partial charge >= 0.3 is 0 Å². The number of hydrogen-bond acceptors (Lipinski definition) is 6. The number of amidine groups is 1. The van der Waals surface area contributed by atoms with Crippen molar-refractivity contribution in [1.29, 1.82) is 5.41 Å². The molecule has 0 aliphatic carbocycles. The zero-order chi connectivity index (χ0) is 26.3. The molecule has 8 heteroatoms. The van der Waals surface area contributed by atoms with Gasteiger partial charge in [-0.1, -0.05) is 6.08 Å². The van der Waals surface area contributed by atoms with Gasteiger partial charge in [-0.15, -0.1) is 11.8 Å². The standard InChI is InChI=1S/C29H36N4O3S/c1-18-19(2)26-23(20(3)25(18)34)11-12-29(4,36-26)28(35)33-15-13-32(14-16-33)22-9-7-21(8-10-22)31-27(30)24-6-5-17-37-24/h5,7-10,17,24,34H,6,11-16H2,1-4H3,(H2,30,31). The summed E-state index contributed by atoms with van der Waals surface area (Å²) in [7, 11) is 0. The first-order chi connectivity index (χ1) is 17.7. The molecule has 37 heavy (non-hydrogen) atoms. The molecule has 3 aliphatic heterocycles. The van der Waals surface area contributed by atoms with Crippen LogP contribution in [-0.4, -0.2) is 58.8 Å². The Morgan fingerprint density at radius 2 is 1.81 bits per heavy atom. The lowest BCUT2D eigenvalue weighted by Gasteiger charge is -2.42. The number of fused-ring (bicyclic) bond motifs is 1. The lowest BCUT2D eigenvalue weighted by Crippen LogP contribution is -2.57. The van der Waals surface area contributed by atoms with Crippen molar-refractivity contribution >= 4 is 34.9 Å². The third kappa shape index (κ3) is 4.79. The third-order valence-electron chi connectivity index (χ3n) is 8.06. The van der Waals surface area contributed by atoms with Gasteiger partial charge in [-0.3, -0.25) is 10.2 Å². The number of thioether (sulfide) groups is 1. The van der Waals surface area contributed by atoms with Gasteiger partial charge in [-0.2, -0.15) is 0 Å². The molecular formula is C29H36N4O3S. The summed E-state index contributed by atoms with van der Waals surface area (Å²) < 4.78 is 6.43. The Hall–Kier alpha value is -3.13. The Kier molecular flexibility index (Phi) is 6.88. The van der Waals surface area contributed by atoms with Crippen molar-refractivity contribution < 1.29 is 14.6 Å². The van der Waals surface area contributed by atoms with Gasteiger partial charge in [0.1, 0.15) is 17.3 Å². The highest BCUT2D eigenvalue weighted by molar-refractivity contribution is 8.03. The minimum absolute atomic E-state index is 0.0397. The Bertz CT molecular complexity index is 1240. The molecule has 0 saturated carbocycles. The second kappa shape index (κ2) is 9.97. The van der Waals surface area contributed by atoms with E-state index in [1.807, 2.05) is 44.7 Å². The van der Waals surface area contributed by atoms with E-state index in [9.17, 15) is 9.90 Å². The SMILES string of the molecule is Cc1c(C)c2c(c(C)c1O)CCC(C)(C(=O)N1CCN(c3ccc(NC(=N)C4CC=CS4)cc3)CC1)O2. The molecule has 196 valence electrons. The first-order valence-corrected chi connectivity index (χ1v) is 13.9. The number of phenols is 1. The topological polar surface area (TPSA) is 88.9 Å². The van der Waals surface area contributed by atoms with E-state index >= 15 is 0 Å². The summed E-state index contributed by atoms with van der Waals surface area (Å²) >= 11 is 1.68. The number of ether oxygens (including phenoxy) is 1. The van der Waals surface area contributed by atoms with Crippen LogP contribution in [0.2, 0.25) is 0 Å². The second-order valence-corrected chi connectivity index (χ2v) is 11.6. The molecule has 2 atom stereocenters. The van der Waals surface area contributed by atoms with E-state index < -0.39 is 5.60 Å². The average molecular weight is 521 g/mol. The number of benzene rings is 2. The molecule has 0 radical (unpaired) electrons. The largest absolute Gasteiger partial charge is 0.507 e. The Labute approximate surface area is 223 Å². The predicted octanol–water partition coefficient (Wildman–Crippen LogP) is 5.16. The minimum atomic E-state index is -0.902. The molecule has 1 saturated heterocycles. The molecule has 0 bridgehead atoms. The maximum atomic E-state index is 13.6. The van der Waals surface area contributed by atoms with Crippen LogP contribution in [0.5, 0.6) is 11.5 Å². The van der Waals surface area contributed by atoms with Crippen LogP contribution >= 0.6 is 11.8 Å². The molecule has 2 aromatic carbocycles. The fourth-order valence-electron chi connectivity index (χ4n) is 5.46. The highest BCUT2D eigenvalue weighted by Gasteiger charge is 2.43. The summed E-state index contributed by atoms with van der Waals surface area (Å²) in [5.41, 5.74) is 4.74. The van der Waals surface area contributed by atoms with Crippen molar-refractivity contribution in [2.24, 2.45) is 0 Å². The fourth-order valence-corrected chi connectivity index (χ4v) is 6.29. The number of nitrogens with zero attached hydrogens (tertiary/aromatic N) is 2. The first-order valence-electron chi connectivity index (χ1n) is 13.0. The number of phenolic OH excluding ortho intramolecular Hbond substituents is 1. The normalized spacial score (nSPS) is 23.0. The van der Waals surface area contributed by atoms with E-state index in [0.29, 0.717) is 37.5 Å². The number of piperazine rings is 1.